The first kappa shape index (κ1) is 20.7. The number of carbonyl (C=O) groups is 1. The van der Waals surface area contributed by atoms with Gasteiger partial charge in [-0.1, -0.05) is 60.6 Å². The molecule has 1 aliphatic rings. The van der Waals surface area contributed by atoms with Crippen LogP contribution >= 0.6 is 22.9 Å². The highest BCUT2D eigenvalue weighted by molar-refractivity contribution is 7.16. The number of carbonyl (C=O) groups excluding carboxylic acids is 1. The Labute approximate surface area is 195 Å². The lowest BCUT2D eigenvalue weighted by Gasteiger charge is -2.33. The largest absolute Gasteiger partial charge is 0.481 e. The van der Waals surface area contributed by atoms with Gasteiger partial charge >= 0.3 is 0 Å². The number of nitrogens with zero attached hydrogens (tertiary/aromatic N) is 2. The Bertz CT molecular complexity index is 1350. The van der Waals surface area contributed by atoms with Gasteiger partial charge in [-0.05, 0) is 40.3 Å². The van der Waals surface area contributed by atoms with E-state index in [0.29, 0.717) is 19.0 Å². The highest BCUT2D eigenvalue weighted by Crippen LogP contribution is 2.44. The topological polar surface area (TPSA) is 42.4 Å². The van der Waals surface area contributed by atoms with E-state index < -0.39 is 0 Å². The molecular formula is C26H21ClN2O2S. The zero-order valence-corrected chi connectivity index (χ0v) is 19.1. The van der Waals surface area contributed by atoms with E-state index in [1.807, 2.05) is 47.5 Å². The number of hydrogen-bond acceptors (Lipinski definition) is 4. The monoisotopic (exact) mass is 460 g/mol. The quantitative estimate of drug-likeness (QED) is 0.336. The van der Waals surface area contributed by atoms with Crippen molar-refractivity contribution in [2.45, 2.75) is 12.5 Å². The number of rotatable bonds is 4. The molecule has 0 saturated heterocycles. The number of ether oxygens (including phenoxy) is 1. The predicted molar refractivity (Wildman–Crippen MR) is 131 cm³/mol. The zero-order valence-electron chi connectivity index (χ0n) is 17.5. The SMILES string of the molecule is C=CC(=O)N1Cc2sc(Cl)cc2[C@H](c2ccccc2-c2cnc(OC)c3ccccc23)C1. The molecule has 0 aliphatic carbocycles. The van der Waals surface area contributed by atoms with E-state index in [-0.39, 0.29) is 11.8 Å². The Morgan fingerprint density at radius 2 is 1.91 bits per heavy atom. The van der Waals surface area contributed by atoms with E-state index in [9.17, 15) is 4.79 Å². The molecule has 32 heavy (non-hydrogen) atoms. The summed E-state index contributed by atoms with van der Waals surface area (Å²) >= 11 is 7.94. The number of aromatic nitrogens is 1. The molecule has 0 bridgehead atoms. The second kappa shape index (κ2) is 8.41. The minimum atomic E-state index is -0.0702. The molecule has 1 amide bonds. The highest BCUT2D eigenvalue weighted by atomic mass is 35.5. The molecule has 160 valence electrons. The fourth-order valence-corrected chi connectivity index (χ4v) is 5.89. The summed E-state index contributed by atoms with van der Waals surface area (Å²) in [5, 5.41) is 2.04. The van der Waals surface area contributed by atoms with Crippen molar-refractivity contribution in [3.8, 4) is 17.0 Å². The lowest BCUT2D eigenvalue weighted by atomic mass is 9.83. The minimum Gasteiger partial charge on any atom is -0.481 e. The number of thiophene rings is 1. The van der Waals surface area contributed by atoms with E-state index in [4.69, 9.17) is 16.3 Å². The maximum absolute atomic E-state index is 12.5. The van der Waals surface area contributed by atoms with E-state index in [0.717, 1.165) is 36.7 Å². The van der Waals surface area contributed by atoms with Crippen LogP contribution in [0.4, 0.5) is 0 Å². The number of pyridine rings is 1. The summed E-state index contributed by atoms with van der Waals surface area (Å²) < 4.78 is 6.23. The summed E-state index contributed by atoms with van der Waals surface area (Å²) in [4.78, 5) is 20.1. The van der Waals surface area contributed by atoms with Crippen molar-refractivity contribution >= 4 is 39.6 Å². The number of benzene rings is 2. The Morgan fingerprint density at radius 3 is 2.69 bits per heavy atom. The summed E-state index contributed by atoms with van der Waals surface area (Å²) in [6, 6.07) is 18.5. The Hall–Kier alpha value is -3.15. The minimum absolute atomic E-state index is 0.00321. The normalized spacial score (nSPS) is 15.4. The van der Waals surface area contributed by atoms with Crippen LogP contribution < -0.4 is 4.74 Å². The average molecular weight is 461 g/mol. The molecular weight excluding hydrogens is 440 g/mol. The summed E-state index contributed by atoms with van der Waals surface area (Å²) in [5.41, 5.74) is 4.45. The average Bonchev–Trinajstić information content (AvgIpc) is 3.22. The van der Waals surface area contributed by atoms with Gasteiger partial charge in [-0.3, -0.25) is 4.79 Å². The molecule has 4 nitrogen and oxygen atoms in total. The van der Waals surface area contributed by atoms with Gasteiger partial charge in [0.25, 0.3) is 0 Å². The van der Waals surface area contributed by atoms with Crippen LogP contribution in [0.1, 0.15) is 21.9 Å². The number of fused-ring (bicyclic) bond motifs is 2. The fraction of sp³-hybridized carbons (Fsp3) is 0.154. The second-order valence-electron chi connectivity index (χ2n) is 7.72. The first-order valence-corrected chi connectivity index (χ1v) is 11.5. The lowest BCUT2D eigenvalue weighted by molar-refractivity contribution is -0.127. The summed E-state index contributed by atoms with van der Waals surface area (Å²) in [5.74, 6) is 0.539. The summed E-state index contributed by atoms with van der Waals surface area (Å²) in [6.45, 7) is 4.81. The molecule has 1 aliphatic heterocycles. The molecule has 4 aromatic rings. The van der Waals surface area contributed by atoms with Crippen molar-refractivity contribution in [1.82, 2.24) is 9.88 Å². The van der Waals surface area contributed by atoms with Crippen molar-refractivity contribution < 1.29 is 9.53 Å². The third-order valence-electron chi connectivity index (χ3n) is 5.99. The van der Waals surface area contributed by atoms with Crippen LogP contribution in [-0.2, 0) is 11.3 Å². The van der Waals surface area contributed by atoms with Crippen molar-refractivity contribution in [2.24, 2.45) is 0 Å². The van der Waals surface area contributed by atoms with Crippen molar-refractivity contribution in [1.29, 1.82) is 0 Å². The van der Waals surface area contributed by atoms with Crippen LogP contribution in [0.3, 0.4) is 0 Å². The zero-order chi connectivity index (χ0) is 22.2. The third kappa shape index (κ3) is 3.48. The molecule has 3 heterocycles. The Balaban J connectivity index is 1.70. The van der Waals surface area contributed by atoms with Crippen LogP contribution in [0.25, 0.3) is 21.9 Å². The van der Waals surface area contributed by atoms with Gasteiger partial charge < -0.3 is 9.64 Å². The first-order chi connectivity index (χ1) is 15.6. The fourth-order valence-electron chi connectivity index (χ4n) is 4.54. The molecule has 2 aromatic heterocycles. The number of methoxy groups -OCH3 is 1. The van der Waals surface area contributed by atoms with Crippen LogP contribution in [-0.4, -0.2) is 29.4 Å². The van der Waals surface area contributed by atoms with E-state index >= 15 is 0 Å². The molecule has 6 heteroatoms. The third-order valence-corrected chi connectivity index (χ3v) is 7.25. The van der Waals surface area contributed by atoms with Gasteiger partial charge in [-0.15, -0.1) is 11.3 Å². The van der Waals surface area contributed by atoms with Gasteiger partial charge in [0.05, 0.1) is 18.0 Å². The number of hydrogen-bond donors (Lipinski definition) is 0. The molecule has 0 spiro atoms. The molecule has 0 radical (unpaired) electrons. The first-order valence-electron chi connectivity index (χ1n) is 10.3. The molecule has 0 unspecified atom stereocenters. The Morgan fingerprint density at radius 1 is 1.16 bits per heavy atom. The standard InChI is InChI=1S/C26H21ClN2O2S/c1-3-25(30)29-14-22(20-12-24(27)32-23(20)15-29)17-9-5-4-8-16(17)21-13-28-26(31-2)19-11-7-6-10-18(19)21/h3-13,22H,1,14-15H2,2H3/t22-/m0/s1. The van der Waals surface area contributed by atoms with E-state index in [1.54, 1.807) is 7.11 Å². The van der Waals surface area contributed by atoms with Crippen LogP contribution in [0.5, 0.6) is 5.88 Å². The predicted octanol–water partition coefficient (Wildman–Crippen LogP) is 6.29. The maximum atomic E-state index is 12.5. The van der Waals surface area contributed by atoms with Gasteiger partial charge in [0.15, 0.2) is 0 Å². The Kier molecular flexibility index (Phi) is 5.45. The molecule has 1 atom stereocenters. The van der Waals surface area contributed by atoms with Crippen LogP contribution in [0.15, 0.2) is 73.4 Å². The van der Waals surface area contributed by atoms with Crippen LogP contribution in [0.2, 0.25) is 4.34 Å². The van der Waals surface area contributed by atoms with Gasteiger partial charge in [0, 0.05) is 34.5 Å². The number of halogens is 1. The van der Waals surface area contributed by atoms with Gasteiger partial charge in [-0.2, -0.15) is 0 Å². The van der Waals surface area contributed by atoms with E-state index in [1.165, 1.54) is 23.0 Å². The van der Waals surface area contributed by atoms with E-state index in [2.05, 4.69) is 29.8 Å². The lowest BCUT2D eigenvalue weighted by Crippen LogP contribution is -2.37. The van der Waals surface area contributed by atoms with Crippen molar-refractivity contribution in [3.05, 3.63) is 93.8 Å². The smallest absolute Gasteiger partial charge is 0.246 e. The molecule has 0 saturated carbocycles. The highest BCUT2D eigenvalue weighted by Gasteiger charge is 2.32. The summed E-state index contributed by atoms with van der Waals surface area (Å²) in [7, 11) is 1.64. The van der Waals surface area contributed by atoms with Gasteiger partial charge in [0.2, 0.25) is 11.8 Å². The molecule has 0 N–H and O–H groups in total. The molecule has 0 fully saturated rings. The van der Waals surface area contributed by atoms with Crippen molar-refractivity contribution in [2.75, 3.05) is 13.7 Å². The second-order valence-corrected chi connectivity index (χ2v) is 9.49. The molecule has 5 rings (SSSR count). The summed E-state index contributed by atoms with van der Waals surface area (Å²) in [6.07, 6.45) is 3.25. The maximum Gasteiger partial charge on any atom is 0.246 e. The number of amides is 1. The van der Waals surface area contributed by atoms with Crippen molar-refractivity contribution in [3.63, 3.8) is 0 Å². The van der Waals surface area contributed by atoms with Gasteiger partial charge in [-0.25, -0.2) is 4.98 Å². The van der Waals surface area contributed by atoms with Crippen LogP contribution in [0, 0.1) is 0 Å². The van der Waals surface area contributed by atoms with Gasteiger partial charge in [0.1, 0.15) is 0 Å². The molecule has 2 aromatic carbocycles.